The van der Waals surface area contributed by atoms with Crippen LogP contribution in [0, 0.1) is 16.2 Å². The van der Waals surface area contributed by atoms with E-state index in [4.69, 9.17) is 18.5 Å². The van der Waals surface area contributed by atoms with Gasteiger partial charge in [-0.15, -0.1) is 0 Å². The fourth-order valence-electron chi connectivity index (χ4n) is 5.30. The van der Waals surface area contributed by atoms with Crippen LogP contribution < -0.4 is 0 Å². The Morgan fingerprint density at radius 1 is 0.806 bits per heavy atom. The molecule has 6 nitrogen and oxygen atoms in total. The van der Waals surface area contributed by atoms with Crippen molar-refractivity contribution in [2.24, 2.45) is 16.2 Å². The third-order valence-corrected chi connectivity index (χ3v) is 12.6. The van der Waals surface area contributed by atoms with Crippen molar-refractivity contribution in [2.75, 3.05) is 13.2 Å². The van der Waals surface area contributed by atoms with E-state index >= 15 is 0 Å². The van der Waals surface area contributed by atoms with Crippen molar-refractivity contribution < 1.29 is 28.2 Å². The molecular weight excluding hydrogens is 528 g/mol. The molecule has 0 aliphatic carbocycles. The molecular formula is C21H42B2IO6P. The van der Waals surface area contributed by atoms with Crippen molar-refractivity contribution in [1.29, 1.82) is 0 Å². The normalized spacial score (nSPS) is 47.9. The summed E-state index contributed by atoms with van der Waals surface area (Å²) in [5.41, 5.74) is -4.68. The molecule has 0 spiro atoms. The highest BCUT2D eigenvalue weighted by atomic mass is 127. The van der Waals surface area contributed by atoms with Crippen LogP contribution in [-0.4, -0.2) is 61.8 Å². The van der Waals surface area contributed by atoms with E-state index in [0.717, 1.165) is 0 Å². The molecule has 2 aliphatic heterocycles. The first kappa shape index (κ1) is 28.1. The second-order valence-corrected chi connectivity index (χ2v) is 17.4. The molecule has 0 amide bonds. The van der Waals surface area contributed by atoms with E-state index in [0.29, 0.717) is 0 Å². The van der Waals surface area contributed by atoms with Gasteiger partial charge >= 0.3 is 5.24 Å². The molecule has 2 fully saturated rings. The Morgan fingerprint density at radius 2 is 1.23 bits per heavy atom. The Hall–Kier alpha value is 0.890. The van der Waals surface area contributed by atoms with Gasteiger partial charge in [0.2, 0.25) is 0 Å². The Bertz CT molecular complexity index is 786. The highest BCUT2D eigenvalue weighted by Crippen LogP contribution is 2.69. The van der Waals surface area contributed by atoms with Crippen molar-refractivity contribution in [3.63, 3.8) is 0 Å². The summed E-state index contributed by atoms with van der Waals surface area (Å²) >= 11 is 1.78. The van der Waals surface area contributed by atoms with Crippen molar-refractivity contribution in [2.45, 2.75) is 104 Å². The third-order valence-electron chi connectivity index (χ3n) is 10.1. The molecule has 0 aromatic rings. The van der Waals surface area contributed by atoms with Gasteiger partial charge in [0.15, 0.2) is 0 Å². The summed E-state index contributed by atoms with van der Waals surface area (Å²) in [5, 5.41) is 6.62. The highest BCUT2D eigenvalue weighted by molar-refractivity contribution is 14.2. The average Bonchev–Trinajstić information content (AvgIpc) is 2.73. The minimum atomic E-state index is -3.57. The van der Waals surface area contributed by atoms with Crippen molar-refractivity contribution in [3.8, 4) is 0 Å². The van der Waals surface area contributed by atoms with E-state index in [-0.39, 0.29) is 29.5 Å². The number of hydrogen-bond acceptors (Lipinski definition) is 6. The topological polar surface area (TPSA) is 74.2 Å². The maximum absolute atomic E-state index is 13.7. The van der Waals surface area contributed by atoms with Gasteiger partial charge in [0.1, 0.15) is 26.9 Å². The molecule has 31 heavy (non-hydrogen) atoms. The van der Waals surface area contributed by atoms with E-state index < -0.39 is 33.0 Å². The van der Waals surface area contributed by atoms with Crippen LogP contribution in [0.2, 0.25) is 0 Å². The minimum absolute atomic E-state index is 0.129. The average molecular weight is 570 g/mol. The van der Waals surface area contributed by atoms with Crippen LogP contribution in [0.3, 0.4) is 0 Å². The predicted octanol–water partition coefficient (Wildman–Crippen LogP) is 3.67. The fourth-order valence-corrected chi connectivity index (χ4v) is 8.21. The minimum Gasteiger partial charge on any atom is -0.393 e. The predicted molar refractivity (Wildman–Crippen MR) is 138 cm³/mol. The molecule has 2 aliphatic rings. The Kier molecular flexibility index (Phi) is 6.75. The van der Waals surface area contributed by atoms with Gasteiger partial charge in [-0.1, -0.05) is 41.5 Å². The van der Waals surface area contributed by atoms with Crippen LogP contribution in [-0.2, 0) is 23.1 Å². The molecule has 2 unspecified atom stereocenters. The first-order valence-electron chi connectivity index (χ1n) is 11.0. The lowest BCUT2D eigenvalue weighted by molar-refractivity contribution is -0.140. The van der Waals surface area contributed by atoms with Gasteiger partial charge in [0.05, 0.1) is 40.9 Å². The Balaban J connectivity index is 2.33. The first-order chi connectivity index (χ1) is 13.4. The molecule has 180 valence electrons. The molecule has 0 saturated carbocycles. The van der Waals surface area contributed by atoms with Crippen molar-refractivity contribution >= 4 is 43.0 Å². The van der Waals surface area contributed by atoms with E-state index in [9.17, 15) is 9.67 Å². The second kappa shape index (κ2) is 7.44. The van der Waals surface area contributed by atoms with Gasteiger partial charge < -0.3 is 14.6 Å². The zero-order valence-electron chi connectivity index (χ0n) is 21.7. The molecule has 0 aromatic carbocycles. The Labute approximate surface area is 204 Å². The quantitative estimate of drug-likeness (QED) is 0.299. The second-order valence-electron chi connectivity index (χ2n) is 12.5. The van der Waals surface area contributed by atoms with Crippen molar-refractivity contribution in [3.05, 3.63) is 0 Å². The van der Waals surface area contributed by atoms with Crippen LogP contribution >= 0.6 is 27.3 Å². The van der Waals surface area contributed by atoms with Gasteiger partial charge in [0.25, 0.3) is 0 Å². The molecule has 1 N–H and O–H groups in total. The largest absolute Gasteiger partial charge is 0.393 e. The summed E-state index contributed by atoms with van der Waals surface area (Å²) < 4.78 is 38.8. The maximum atomic E-state index is 13.7. The fraction of sp³-hybridized carbons (Fsp3) is 1.00. The van der Waals surface area contributed by atoms with Crippen LogP contribution in [0.1, 0.15) is 76.2 Å². The lowest BCUT2D eigenvalue weighted by atomic mass is 9.52. The van der Waals surface area contributed by atoms with E-state index in [2.05, 4.69) is 42.5 Å². The molecule has 10 heteroatoms. The smallest absolute Gasteiger partial charge is 0.389 e. The third kappa shape index (κ3) is 3.75. The zero-order chi connectivity index (χ0) is 24.7. The SMILES string of the molecule is B[C@]1(C)O[C@](C)(COP(=O)(I)OC2(C)C(C)(C)[C@@](B)(C)O[C@]2(C)CO)C(C)(C)C1(C)C. The van der Waals surface area contributed by atoms with Crippen LogP contribution in [0.25, 0.3) is 0 Å². The van der Waals surface area contributed by atoms with Gasteiger partial charge in [-0.25, -0.2) is 4.57 Å². The zero-order valence-corrected chi connectivity index (χ0v) is 24.8. The van der Waals surface area contributed by atoms with Gasteiger partial charge in [-0.05, 0) is 40.0 Å². The number of hydrogen-bond donors (Lipinski definition) is 1. The van der Waals surface area contributed by atoms with E-state index in [1.165, 1.54) is 0 Å². The molecule has 0 radical (unpaired) electrons. The monoisotopic (exact) mass is 570 g/mol. The van der Waals surface area contributed by atoms with Gasteiger partial charge in [-0.2, -0.15) is 0 Å². The lowest BCUT2D eigenvalue weighted by Gasteiger charge is -2.47. The summed E-state index contributed by atoms with van der Waals surface area (Å²) in [6.07, 6.45) is 0. The summed E-state index contributed by atoms with van der Waals surface area (Å²) in [7, 11) is 4.06. The molecule has 0 aromatic heterocycles. The molecule has 2 saturated heterocycles. The molecule has 2 heterocycles. The van der Waals surface area contributed by atoms with Crippen LogP contribution in [0.4, 0.5) is 0 Å². The first-order valence-corrected chi connectivity index (χ1v) is 15.4. The summed E-state index contributed by atoms with van der Waals surface area (Å²) in [6, 6.07) is 0. The number of aliphatic hydroxyl groups is 1. The molecule has 0 bridgehead atoms. The maximum Gasteiger partial charge on any atom is 0.389 e. The summed E-state index contributed by atoms with van der Waals surface area (Å²) in [5.74, 6) is 0. The number of ether oxygens (including phenoxy) is 2. The van der Waals surface area contributed by atoms with Crippen LogP contribution in [0.5, 0.6) is 0 Å². The van der Waals surface area contributed by atoms with E-state index in [1.54, 1.807) is 29.0 Å². The molecule has 6 atom stereocenters. The standard InChI is InChI=1S/C21H42B2IO6P/c1-14(2)15(3,4)20(10,22)29-18(14,8)13-27-31(24,26)30-19(9)16(5,6)21(11,23)28-17(19,7)12-25/h25H,12-13,22-23H2,1-11H3/t17-,18-,19?,20-,21-,31?/m1/s1. The highest BCUT2D eigenvalue weighted by Gasteiger charge is 2.71. The van der Waals surface area contributed by atoms with Crippen molar-refractivity contribution in [1.82, 2.24) is 0 Å². The van der Waals surface area contributed by atoms with Crippen LogP contribution in [0.15, 0.2) is 0 Å². The number of rotatable bonds is 6. The van der Waals surface area contributed by atoms with E-state index in [1.807, 2.05) is 42.5 Å². The Morgan fingerprint density at radius 3 is 1.61 bits per heavy atom. The summed E-state index contributed by atoms with van der Waals surface area (Å²) in [4.78, 5) is 0. The number of halogens is 1. The van der Waals surface area contributed by atoms with Gasteiger partial charge in [0, 0.05) is 21.8 Å². The molecule has 2 rings (SSSR count). The van der Waals surface area contributed by atoms with Gasteiger partial charge in [-0.3, -0.25) is 9.05 Å². The number of aliphatic hydroxyl groups excluding tert-OH is 1. The summed E-state index contributed by atoms with van der Waals surface area (Å²) in [6.45, 7) is 22.4. The lowest BCUT2D eigenvalue weighted by Crippen LogP contribution is -2.58.